The molecule has 1 heterocycles. The van der Waals surface area contributed by atoms with Gasteiger partial charge in [0.2, 0.25) is 0 Å². The van der Waals surface area contributed by atoms with E-state index < -0.39 is 0 Å². The van der Waals surface area contributed by atoms with E-state index in [1.807, 2.05) is 19.1 Å². The highest BCUT2D eigenvalue weighted by atomic mass is 19.1. The zero-order valence-electron chi connectivity index (χ0n) is 11.2. The van der Waals surface area contributed by atoms with Crippen LogP contribution in [0.3, 0.4) is 0 Å². The lowest BCUT2D eigenvalue weighted by Crippen LogP contribution is -2.13. The monoisotopic (exact) mass is 255 g/mol. The zero-order valence-corrected chi connectivity index (χ0v) is 11.2. The van der Waals surface area contributed by atoms with Gasteiger partial charge < -0.3 is 5.32 Å². The molecule has 1 N–H and O–H groups in total. The van der Waals surface area contributed by atoms with Crippen molar-refractivity contribution >= 4 is 5.69 Å². The van der Waals surface area contributed by atoms with E-state index in [1.165, 1.54) is 28.8 Å². The molecular formula is C17H18FN. The molecule has 98 valence electrons. The fourth-order valence-corrected chi connectivity index (χ4v) is 2.76. The summed E-state index contributed by atoms with van der Waals surface area (Å²) in [7, 11) is 0. The van der Waals surface area contributed by atoms with Crippen LogP contribution in [0.4, 0.5) is 10.1 Å². The third-order valence-electron chi connectivity index (χ3n) is 3.78. The molecule has 2 aromatic rings. The highest BCUT2D eigenvalue weighted by Gasteiger charge is 2.12. The molecular weight excluding hydrogens is 237 g/mol. The maximum Gasteiger partial charge on any atom is 0.126 e. The minimum absolute atomic E-state index is 0.128. The molecule has 2 aromatic carbocycles. The van der Waals surface area contributed by atoms with Gasteiger partial charge in [-0.1, -0.05) is 30.3 Å². The molecule has 0 atom stereocenters. The predicted octanol–water partition coefficient (Wildman–Crippen LogP) is 4.08. The minimum atomic E-state index is -0.128. The molecule has 0 bridgehead atoms. The fourth-order valence-electron chi connectivity index (χ4n) is 2.76. The van der Waals surface area contributed by atoms with E-state index in [0.29, 0.717) is 0 Å². The van der Waals surface area contributed by atoms with Crippen molar-refractivity contribution < 1.29 is 4.39 Å². The van der Waals surface area contributed by atoms with Gasteiger partial charge in [0, 0.05) is 12.2 Å². The number of rotatable bonds is 2. The summed E-state index contributed by atoms with van der Waals surface area (Å²) in [5.74, 6) is -0.128. The number of hydrogen-bond acceptors (Lipinski definition) is 1. The van der Waals surface area contributed by atoms with Crippen LogP contribution in [0.5, 0.6) is 0 Å². The first-order chi connectivity index (χ1) is 9.24. The van der Waals surface area contributed by atoms with Crippen molar-refractivity contribution in [2.24, 2.45) is 0 Å². The molecule has 1 nitrogen and oxygen atoms in total. The van der Waals surface area contributed by atoms with Gasteiger partial charge in [0.05, 0.1) is 0 Å². The molecule has 0 saturated heterocycles. The standard InChI is InChI=1S/C17H18FN/c1-12-10-13(7-8-16(12)18)11-15-5-2-4-14-6-3-9-19-17(14)15/h2,4-5,7-8,10,19H,3,6,9,11H2,1H3. The van der Waals surface area contributed by atoms with E-state index >= 15 is 0 Å². The molecule has 0 radical (unpaired) electrons. The first-order valence-electron chi connectivity index (χ1n) is 6.84. The van der Waals surface area contributed by atoms with Gasteiger partial charge in [-0.15, -0.1) is 0 Å². The van der Waals surface area contributed by atoms with Crippen LogP contribution in [0.2, 0.25) is 0 Å². The van der Waals surface area contributed by atoms with Crippen molar-refractivity contribution in [1.82, 2.24) is 0 Å². The number of nitrogens with one attached hydrogen (secondary N) is 1. The lowest BCUT2D eigenvalue weighted by Gasteiger charge is -2.21. The van der Waals surface area contributed by atoms with Gasteiger partial charge >= 0.3 is 0 Å². The molecule has 0 aliphatic carbocycles. The normalized spacial score (nSPS) is 13.8. The van der Waals surface area contributed by atoms with Crippen molar-refractivity contribution in [3.05, 3.63) is 64.5 Å². The summed E-state index contributed by atoms with van der Waals surface area (Å²) in [6, 6.07) is 11.9. The molecule has 3 rings (SSSR count). The second-order valence-electron chi connectivity index (χ2n) is 5.24. The Morgan fingerprint density at radius 2 is 2.11 bits per heavy atom. The maximum atomic E-state index is 13.3. The predicted molar refractivity (Wildman–Crippen MR) is 77.2 cm³/mol. The van der Waals surface area contributed by atoms with E-state index in [4.69, 9.17) is 0 Å². The summed E-state index contributed by atoms with van der Waals surface area (Å²) >= 11 is 0. The van der Waals surface area contributed by atoms with Gasteiger partial charge in [-0.3, -0.25) is 0 Å². The summed E-state index contributed by atoms with van der Waals surface area (Å²) in [6.45, 7) is 2.87. The van der Waals surface area contributed by atoms with Gasteiger partial charge in [0.25, 0.3) is 0 Å². The zero-order chi connectivity index (χ0) is 13.2. The molecule has 0 unspecified atom stereocenters. The molecule has 1 aliphatic heterocycles. The van der Waals surface area contributed by atoms with E-state index in [9.17, 15) is 4.39 Å². The average molecular weight is 255 g/mol. The molecule has 0 amide bonds. The van der Waals surface area contributed by atoms with Crippen LogP contribution in [0, 0.1) is 12.7 Å². The van der Waals surface area contributed by atoms with Crippen LogP contribution in [0.25, 0.3) is 0 Å². The van der Waals surface area contributed by atoms with Crippen molar-refractivity contribution in [2.75, 3.05) is 11.9 Å². The van der Waals surface area contributed by atoms with Crippen molar-refractivity contribution in [2.45, 2.75) is 26.2 Å². The van der Waals surface area contributed by atoms with Crippen LogP contribution in [-0.2, 0) is 12.8 Å². The fraction of sp³-hybridized carbons (Fsp3) is 0.294. The largest absolute Gasteiger partial charge is 0.385 e. The number of hydrogen-bond donors (Lipinski definition) is 1. The lowest BCUT2D eigenvalue weighted by molar-refractivity contribution is 0.618. The van der Waals surface area contributed by atoms with Gasteiger partial charge in [-0.2, -0.15) is 0 Å². The van der Waals surface area contributed by atoms with Gasteiger partial charge in [0.15, 0.2) is 0 Å². The Bertz CT molecular complexity index is 604. The van der Waals surface area contributed by atoms with Crippen molar-refractivity contribution in [3.63, 3.8) is 0 Å². The Morgan fingerprint density at radius 1 is 1.21 bits per heavy atom. The second-order valence-corrected chi connectivity index (χ2v) is 5.24. The van der Waals surface area contributed by atoms with Crippen LogP contribution < -0.4 is 5.32 Å². The molecule has 0 spiro atoms. The third kappa shape index (κ3) is 2.48. The molecule has 0 fully saturated rings. The van der Waals surface area contributed by atoms with Crippen LogP contribution >= 0.6 is 0 Å². The number of fused-ring (bicyclic) bond motifs is 1. The summed E-state index contributed by atoms with van der Waals surface area (Å²) < 4.78 is 13.3. The summed E-state index contributed by atoms with van der Waals surface area (Å²) in [4.78, 5) is 0. The molecule has 19 heavy (non-hydrogen) atoms. The van der Waals surface area contributed by atoms with Gasteiger partial charge in [0.1, 0.15) is 5.82 Å². The van der Waals surface area contributed by atoms with Gasteiger partial charge in [-0.25, -0.2) is 4.39 Å². The Morgan fingerprint density at radius 3 is 2.95 bits per heavy atom. The Balaban J connectivity index is 1.92. The maximum absolute atomic E-state index is 13.3. The SMILES string of the molecule is Cc1cc(Cc2cccc3c2NCCC3)ccc1F. The minimum Gasteiger partial charge on any atom is -0.385 e. The van der Waals surface area contributed by atoms with E-state index in [-0.39, 0.29) is 5.82 Å². The summed E-state index contributed by atoms with van der Waals surface area (Å²) in [6.07, 6.45) is 3.21. The summed E-state index contributed by atoms with van der Waals surface area (Å²) in [5, 5.41) is 3.50. The lowest BCUT2D eigenvalue weighted by atomic mass is 9.95. The third-order valence-corrected chi connectivity index (χ3v) is 3.78. The smallest absolute Gasteiger partial charge is 0.126 e. The van der Waals surface area contributed by atoms with Crippen molar-refractivity contribution in [3.8, 4) is 0 Å². The number of halogens is 1. The number of para-hydroxylation sites is 1. The number of anilines is 1. The van der Waals surface area contributed by atoms with Gasteiger partial charge in [-0.05, 0) is 54.5 Å². The number of aryl methyl sites for hydroxylation is 2. The van der Waals surface area contributed by atoms with E-state index in [0.717, 1.165) is 24.9 Å². The number of benzene rings is 2. The topological polar surface area (TPSA) is 12.0 Å². The van der Waals surface area contributed by atoms with Crippen LogP contribution in [-0.4, -0.2) is 6.54 Å². The molecule has 0 saturated carbocycles. The first-order valence-corrected chi connectivity index (χ1v) is 6.84. The Hall–Kier alpha value is -1.83. The van der Waals surface area contributed by atoms with E-state index in [1.54, 1.807) is 6.07 Å². The second kappa shape index (κ2) is 5.04. The molecule has 1 aliphatic rings. The molecule has 2 heteroatoms. The highest BCUT2D eigenvalue weighted by molar-refractivity contribution is 5.60. The Kier molecular flexibility index (Phi) is 3.24. The highest BCUT2D eigenvalue weighted by Crippen LogP contribution is 2.28. The van der Waals surface area contributed by atoms with Crippen LogP contribution in [0.1, 0.15) is 28.7 Å². The molecule has 0 aromatic heterocycles. The average Bonchev–Trinajstić information content (AvgIpc) is 2.43. The summed E-state index contributed by atoms with van der Waals surface area (Å²) in [5.41, 5.74) is 5.89. The van der Waals surface area contributed by atoms with Crippen molar-refractivity contribution in [1.29, 1.82) is 0 Å². The Labute approximate surface area is 113 Å². The quantitative estimate of drug-likeness (QED) is 0.852. The van der Waals surface area contributed by atoms with Crippen LogP contribution in [0.15, 0.2) is 36.4 Å². The first kappa shape index (κ1) is 12.2. The van der Waals surface area contributed by atoms with E-state index in [2.05, 4.69) is 23.5 Å².